The van der Waals surface area contributed by atoms with Gasteiger partial charge in [-0.3, -0.25) is 9.59 Å². The van der Waals surface area contributed by atoms with E-state index in [1.807, 2.05) is 0 Å². The predicted molar refractivity (Wildman–Crippen MR) is 78.5 cm³/mol. The Morgan fingerprint density at radius 3 is 2.42 bits per heavy atom. The highest BCUT2D eigenvalue weighted by Gasteiger charge is 2.92. The maximum Gasteiger partial charge on any atom is 0.318 e. The number of amides is 1. The van der Waals surface area contributed by atoms with E-state index >= 15 is 0 Å². The van der Waals surface area contributed by atoms with E-state index in [0.29, 0.717) is 12.8 Å². The average Bonchev–Trinajstić information content (AvgIpc) is 2.80. The molecule has 4 aliphatic carbocycles. The molecule has 2 unspecified atom stereocenters. The Morgan fingerprint density at radius 2 is 1.83 bits per heavy atom. The van der Waals surface area contributed by atoms with Crippen molar-refractivity contribution in [3.63, 3.8) is 0 Å². The zero-order valence-corrected chi connectivity index (χ0v) is 12.8. The van der Waals surface area contributed by atoms with Gasteiger partial charge >= 0.3 is 5.97 Å². The van der Waals surface area contributed by atoms with E-state index in [9.17, 15) is 18.4 Å². The van der Waals surface area contributed by atoms with Crippen LogP contribution in [0.4, 0.5) is 8.78 Å². The number of hydrogen-bond acceptors (Lipinski definition) is 4. The number of carbonyl (C=O) groups is 2. The van der Waals surface area contributed by atoms with Gasteiger partial charge in [-0.05, 0) is 36.8 Å². The first-order valence-corrected chi connectivity index (χ1v) is 7.97. The number of carbonyl (C=O) groups excluding carboxylic acids is 2. The molecule has 0 heterocycles. The molecule has 4 bridgehead atoms. The third-order valence-corrected chi connectivity index (χ3v) is 5.75. The Morgan fingerprint density at radius 1 is 1.17 bits per heavy atom. The summed E-state index contributed by atoms with van der Waals surface area (Å²) in [6.45, 7) is -0.176. The van der Waals surface area contributed by atoms with Gasteiger partial charge in [0.25, 0.3) is 11.8 Å². The second kappa shape index (κ2) is 4.91. The zero-order chi connectivity index (χ0) is 17.1. The van der Waals surface area contributed by atoms with E-state index in [2.05, 4.69) is 0 Å². The van der Waals surface area contributed by atoms with Gasteiger partial charge < -0.3 is 15.2 Å². The standard InChI is InChI=1S/C17H17F2NO4/c18-17(19)9-7-11-12(8-9)16(11,17)15(22)24-6-5-23-13-4-2-1-3-10(13)14(20)21/h1-4,9,11-12H,5-8H2,(H2,20,21). The molecule has 24 heavy (non-hydrogen) atoms. The lowest BCUT2D eigenvalue weighted by atomic mass is 9.99. The fourth-order valence-corrected chi connectivity index (χ4v) is 4.72. The van der Waals surface area contributed by atoms with Crippen LogP contribution in [0.5, 0.6) is 5.75 Å². The van der Waals surface area contributed by atoms with Crippen LogP contribution < -0.4 is 10.5 Å². The van der Waals surface area contributed by atoms with E-state index < -0.39 is 29.1 Å². The van der Waals surface area contributed by atoms with Crippen molar-refractivity contribution in [1.82, 2.24) is 0 Å². The first kappa shape index (κ1) is 15.4. The molecule has 0 aliphatic heterocycles. The second-order valence-electron chi connectivity index (χ2n) is 6.72. The number of halogens is 2. The van der Waals surface area contributed by atoms with Gasteiger partial charge in [0.1, 0.15) is 24.4 Å². The minimum Gasteiger partial charge on any atom is -0.489 e. The van der Waals surface area contributed by atoms with Gasteiger partial charge in [0, 0.05) is 5.92 Å². The predicted octanol–water partition coefficient (Wildman–Crippen LogP) is 2.00. The largest absolute Gasteiger partial charge is 0.489 e. The number of para-hydroxylation sites is 1. The van der Waals surface area contributed by atoms with Crippen molar-refractivity contribution in [3.05, 3.63) is 29.8 Å². The van der Waals surface area contributed by atoms with Crippen LogP contribution >= 0.6 is 0 Å². The highest BCUT2D eigenvalue weighted by atomic mass is 19.3. The highest BCUT2D eigenvalue weighted by molar-refractivity contribution is 5.95. The summed E-state index contributed by atoms with van der Waals surface area (Å²) in [7, 11) is 0. The fraction of sp³-hybridized carbons (Fsp3) is 0.529. The van der Waals surface area contributed by atoms with E-state index in [4.69, 9.17) is 15.2 Å². The molecule has 4 saturated carbocycles. The number of nitrogens with two attached hydrogens (primary N) is 1. The molecule has 4 fully saturated rings. The van der Waals surface area contributed by atoms with Crippen molar-refractivity contribution < 1.29 is 27.8 Å². The van der Waals surface area contributed by atoms with Gasteiger partial charge in [-0.1, -0.05) is 12.1 Å². The van der Waals surface area contributed by atoms with Crippen molar-refractivity contribution in [1.29, 1.82) is 0 Å². The maximum atomic E-state index is 14.3. The fourth-order valence-electron chi connectivity index (χ4n) is 4.72. The SMILES string of the molecule is NC(=O)c1ccccc1OCCOC(=O)C12C3CC(CC31)C2(F)F. The molecular weight excluding hydrogens is 320 g/mol. The third kappa shape index (κ3) is 1.78. The number of hydrogen-bond donors (Lipinski definition) is 1. The van der Waals surface area contributed by atoms with Gasteiger partial charge in [-0.2, -0.15) is 0 Å². The smallest absolute Gasteiger partial charge is 0.318 e. The van der Waals surface area contributed by atoms with Crippen molar-refractivity contribution in [2.75, 3.05) is 13.2 Å². The first-order valence-electron chi connectivity index (χ1n) is 7.97. The molecule has 5 rings (SSSR count). The van der Waals surface area contributed by atoms with Crippen LogP contribution in [-0.4, -0.2) is 31.0 Å². The van der Waals surface area contributed by atoms with E-state index in [0.717, 1.165) is 0 Å². The molecule has 5 nitrogen and oxygen atoms in total. The van der Waals surface area contributed by atoms with E-state index in [-0.39, 0.29) is 36.4 Å². The number of ether oxygens (including phenoxy) is 2. The summed E-state index contributed by atoms with van der Waals surface area (Å²) in [6, 6.07) is 6.41. The summed E-state index contributed by atoms with van der Waals surface area (Å²) in [5.74, 6) is -5.22. The minimum atomic E-state index is -2.95. The summed E-state index contributed by atoms with van der Waals surface area (Å²) in [5, 5.41) is 0. The summed E-state index contributed by atoms with van der Waals surface area (Å²) in [6.07, 6.45) is 0.852. The van der Waals surface area contributed by atoms with Crippen molar-refractivity contribution >= 4 is 11.9 Å². The van der Waals surface area contributed by atoms with Gasteiger partial charge in [-0.15, -0.1) is 0 Å². The molecular formula is C17H17F2NO4. The molecule has 4 aliphatic rings. The molecule has 2 atom stereocenters. The van der Waals surface area contributed by atoms with Crippen LogP contribution in [0.25, 0.3) is 0 Å². The lowest BCUT2D eigenvalue weighted by molar-refractivity contribution is -0.168. The monoisotopic (exact) mass is 337 g/mol. The lowest BCUT2D eigenvalue weighted by Crippen LogP contribution is -2.37. The number of esters is 1. The number of primary amides is 1. The average molecular weight is 337 g/mol. The van der Waals surface area contributed by atoms with Crippen LogP contribution in [0.1, 0.15) is 23.2 Å². The van der Waals surface area contributed by atoms with Crippen LogP contribution in [-0.2, 0) is 9.53 Å². The second-order valence-corrected chi connectivity index (χ2v) is 6.72. The van der Waals surface area contributed by atoms with Crippen molar-refractivity contribution in [2.45, 2.75) is 18.8 Å². The molecule has 0 saturated heterocycles. The zero-order valence-electron chi connectivity index (χ0n) is 12.8. The Hall–Kier alpha value is -2.18. The van der Waals surface area contributed by atoms with Crippen LogP contribution in [0, 0.1) is 23.2 Å². The molecule has 7 heteroatoms. The quantitative estimate of drug-likeness (QED) is 0.636. The summed E-state index contributed by atoms with van der Waals surface area (Å²) in [4.78, 5) is 23.5. The molecule has 1 aromatic carbocycles. The van der Waals surface area contributed by atoms with Gasteiger partial charge in [0.2, 0.25) is 0 Å². The van der Waals surface area contributed by atoms with Crippen molar-refractivity contribution in [3.8, 4) is 5.75 Å². The van der Waals surface area contributed by atoms with Crippen LogP contribution in [0.3, 0.4) is 0 Å². The van der Waals surface area contributed by atoms with Crippen LogP contribution in [0.15, 0.2) is 24.3 Å². The molecule has 1 amide bonds. The topological polar surface area (TPSA) is 78.6 Å². The normalized spacial score (nSPS) is 34.0. The molecule has 2 N–H and O–H groups in total. The number of alkyl halides is 2. The Bertz CT molecular complexity index is 708. The summed E-state index contributed by atoms with van der Waals surface area (Å²) in [5.41, 5.74) is 3.87. The van der Waals surface area contributed by atoms with Crippen LogP contribution in [0.2, 0.25) is 0 Å². The lowest BCUT2D eigenvalue weighted by Gasteiger charge is -2.21. The Balaban J connectivity index is 1.33. The van der Waals surface area contributed by atoms with Gasteiger partial charge in [-0.25, -0.2) is 8.78 Å². The number of rotatable bonds is 6. The summed E-state index contributed by atoms with van der Waals surface area (Å²) >= 11 is 0. The number of benzene rings is 1. The Kier molecular flexibility index (Phi) is 3.14. The Labute approximate surface area is 137 Å². The van der Waals surface area contributed by atoms with Gasteiger partial charge in [0.05, 0.1) is 5.56 Å². The minimum absolute atomic E-state index is 0.0313. The molecule has 128 valence electrons. The molecule has 0 radical (unpaired) electrons. The molecule has 0 aromatic heterocycles. The first-order chi connectivity index (χ1) is 11.4. The molecule has 0 spiro atoms. The highest BCUT2D eigenvalue weighted by Crippen LogP contribution is 2.84. The molecule has 1 aromatic rings. The summed E-state index contributed by atoms with van der Waals surface area (Å²) < 4.78 is 39.0. The third-order valence-electron chi connectivity index (χ3n) is 5.75. The van der Waals surface area contributed by atoms with E-state index in [1.165, 1.54) is 6.07 Å². The van der Waals surface area contributed by atoms with Gasteiger partial charge in [0.15, 0.2) is 0 Å². The van der Waals surface area contributed by atoms with E-state index in [1.54, 1.807) is 18.2 Å². The maximum absolute atomic E-state index is 14.3. The van der Waals surface area contributed by atoms with Crippen molar-refractivity contribution in [2.24, 2.45) is 28.9 Å².